The second-order valence-electron chi connectivity index (χ2n) is 6.16. The predicted molar refractivity (Wildman–Crippen MR) is 87.0 cm³/mol. The number of hydrogen-bond donors (Lipinski definition) is 1. The highest BCUT2D eigenvalue weighted by molar-refractivity contribution is 5.45. The van der Waals surface area contributed by atoms with Gasteiger partial charge >= 0.3 is 0 Å². The molecule has 1 saturated heterocycles. The van der Waals surface area contributed by atoms with Crippen LogP contribution < -0.4 is 10.1 Å². The fourth-order valence-electron chi connectivity index (χ4n) is 3.46. The van der Waals surface area contributed by atoms with Gasteiger partial charge in [0.2, 0.25) is 0 Å². The summed E-state index contributed by atoms with van der Waals surface area (Å²) in [5.74, 6) is 1.51. The molecule has 118 valence electrons. The smallest absolute Gasteiger partial charge is 0.124 e. The van der Waals surface area contributed by atoms with Crippen LogP contribution in [0, 0.1) is 19.8 Å². The Labute approximate surface area is 129 Å². The summed E-state index contributed by atoms with van der Waals surface area (Å²) in [6.45, 7) is 10.6. The quantitative estimate of drug-likeness (QED) is 0.865. The van der Waals surface area contributed by atoms with Crippen LogP contribution >= 0.6 is 0 Å². The second kappa shape index (κ2) is 7.28. The summed E-state index contributed by atoms with van der Waals surface area (Å²) in [5, 5.41) is 3.73. The van der Waals surface area contributed by atoms with E-state index in [0.717, 1.165) is 31.7 Å². The van der Waals surface area contributed by atoms with Gasteiger partial charge in [0.25, 0.3) is 0 Å². The molecule has 3 atom stereocenters. The topological polar surface area (TPSA) is 30.5 Å². The lowest BCUT2D eigenvalue weighted by molar-refractivity contribution is 0.0950. The standard InChI is InChI=1S/C18H29NO2/c1-6-8-19-18(15-7-9-21-14(15)4)17-13(3)10-12(2)11-16(17)20-5/h10-11,14-15,18-19H,6-9H2,1-5H3. The van der Waals surface area contributed by atoms with Crippen molar-refractivity contribution >= 4 is 0 Å². The van der Waals surface area contributed by atoms with E-state index >= 15 is 0 Å². The Morgan fingerprint density at radius 1 is 1.38 bits per heavy atom. The Morgan fingerprint density at radius 2 is 2.14 bits per heavy atom. The van der Waals surface area contributed by atoms with Crippen molar-refractivity contribution in [2.75, 3.05) is 20.3 Å². The van der Waals surface area contributed by atoms with Crippen LogP contribution in [0.4, 0.5) is 0 Å². The molecule has 0 bridgehead atoms. The molecule has 0 amide bonds. The monoisotopic (exact) mass is 291 g/mol. The number of hydrogen-bond acceptors (Lipinski definition) is 3. The molecule has 1 aromatic rings. The maximum absolute atomic E-state index is 5.80. The molecule has 3 nitrogen and oxygen atoms in total. The molecule has 0 saturated carbocycles. The molecule has 1 aromatic carbocycles. The number of ether oxygens (including phenoxy) is 2. The molecule has 2 rings (SSSR count). The minimum atomic E-state index is 0.296. The van der Waals surface area contributed by atoms with E-state index in [1.54, 1.807) is 7.11 Å². The summed E-state index contributed by atoms with van der Waals surface area (Å²) in [6.07, 6.45) is 2.54. The van der Waals surface area contributed by atoms with Gasteiger partial charge in [0, 0.05) is 24.1 Å². The molecule has 1 aliphatic rings. The van der Waals surface area contributed by atoms with Gasteiger partial charge in [-0.25, -0.2) is 0 Å². The molecule has 1 N–H and O–H groups in total. The first-order valence-corrected chi connectivity index (χ1v) is 8.08. The molecule has 1 fully saturated rings. The van der Waals surface area contributed by atoms with E-state index in [-0.39, 0.29) is 0 Å². The summed E-state index contributed by atoms with van der Waals surface area (Å²) >= 11 is 0. The van der Waals surface area contributed by atoms with Crippen LogP contribution in [-0.2, 0) is 4.74 Å². The third kappa shape index (κ3) is 3.58. The number of aryl methyl sites for hydroxylation is 2. The van der Waals surface area contributed by atoms with Crippen LogP contribution in [0.15, 0.2) is 12.1 Å². The minimum Gasteiger partial charge on any atom is -0.496 e. The van der Waals surface area contributed by atoms with Crippen molar-refractivity contribution in [2.24, 2.45) is 5.92 Å². The van der Waals surface area contributed by atoms with Crippen LogP contribution in [0.5, 0.6) is 5.75 Å². The Balaban J connectivity index is 2.40. The lowest BCUT2D eigenvalue weighted by Gasteiger charge is -2.30. The van der Waals surface area contributed by atoms with Crippen LogP contribution in [0.3, 0.4) is 0 Å². The molecule has 0 radical (unpaired) electrons. The van der Waals surface area contributed by atoms with E-state index in [4.69, 9.17) is 9.47 Å². The van der Waals surface area contributed by atoms with Gasteiger partial charge in [-0.3, -0.25) is 0 Å². The van der Waals surface area contributed by atoms with Gasteiger partial charge in [-0.05, 0) is 57.4 Å². The molecule has 3 heteroatoms. The molecule has 0 aromatic heterocycles. The molecule has 1 heterocycles. The van der Waals surface area contributed by atoms with Crippen molar-refractivity contribution in [3.05, 3.63) is 28.8 Å². The summed E-state index contributed by atoms with van der Waals surface area (Å²) in [7, 11) is 1.77. The third-order valence-electron chi connectivity index (χ3n) is 4.50. The fourth-order valence-corrected chi connectivity index (χ4v) is 3.46. The molecule has 0 spiro atoms. The van der Waals surface area contributed by atoms with Gasteiger partial charge in [-0.15, -0.1) is 0 Å². The average Bonchev–Trinajstić information content (AvgIpc) is 2.86. The number of rotatable bonds is 6. The molecule has 1 aliphatic heterocycles. The van der Waals surface area contributed by atoms with Crippen molar-refractivity contribution < 1.29 is 9.47 Å². The van der Waals surface area contributed by atoms with Crippen LogP contribution in [0.1, 0.15) is 49.4 Å². The summed E-state index contributed by atoms with van der Waals surface area (Å²) < 4.78 is 11.5. The molecular formula is C18H29NO2. The summed E-state index contributed by atoms with van der Waals surface area (Å²) in [5.41, 5.74) is 3.86. The van der Waals surface area contributed by atoms with E-state index in [1.165, 1.54) is 16.7 Å². The largest absolute Gasteiger partial charge is 0.496 e. The maximum Gasteiger partial charge on any atom is 0.124 e. The summed E-state index contributed by atoms with van der Waals surface area (Å²) in [6, 6.07) is 4.69. The zero-order valence-corrected chi connectivity index (χ0v) is 14.0. The average molecular weight is 291 g/mol. The lowest BCUT2D eigenvalue weighted by atomic mass is 9.85. The number of nitrogens with one attached hydrogen (secondary N) is 1. The van der Waals surface area contributed by atoms with E-state index in [9.17, 15) is 0 Å². The van der Waals surface area contributed by atoms with E-state index in [0.29, 0.717) is 18.1 Å². The van der Waals surface area contributed by atoms with Gasteiger partial charge in [0.05, 0.1) is 13.2 Å². The Hall–Kier alpha value is -1.06. The van der Waals surface area contributed by atoms with E-state index < -0.39 is 0 Å². The first kappa shape index (κ1) is 16.3. The molecule has 3 unspecified atom stereocenters. The highest BCUT2D eigenvalue weighted by Crippen LogP contribution is 2.39. The Bertz CT molecular complexity index is 473. The molecule has 21 heavy (non-hydrogen) atoms. The lowest BCUT2D eigenvalue weighted by Crippen LogP contribution is -2.33. The second-order valence-corrected chi connectivity index (χ2v) is 6.16. The van der Waals surface area contributed by atoms with Gasteiger partial charge in [-0.2, -0.15) is 0 Å². The van der Waals surface area contributed by atoms with Gasteiger partial charge in [0.15, 0.2) is 0 Å². The van der Waals surface area contributed by atoms with Gasteiger partial charge in [-0.1, -0.05) is 13.0 Å². The third-order valence-corrected chi connectivity index (χ3v) is 4.50. The highest BCUT2D eigenvalue weighted by Gasteiger charge is 2.34. The summed E-state index contributed by atoms with van der Waals surface area (Å²) in [4.78, 5) is 0. The van der Waals surface area contributed by atoms with Crippen LogP contribution in [0.2, 0.25) is 0 Å². The van der Waals surface area contributed by atoms with Gasteiger partial charge < -0.3 is 14.8 Å². The minimum absolute atomic E-state index is 0.296. The molecular weight excluding hydrogens is 262 g/mol. The zero-order valence-electron chi connectivity index (χ0n) is 14.0. The normalized spacial score (nSPS) is 23.3. The maximum atomic E-state index is 5.80. The van der Waals surface area contributed by atoms with Crippen LogP contribution in [0.25, 0.3) is 0 Å². The zero-order chi connectivity index (χ0) is 15.4. The highest BCUT2D eigenvalue weighted by atomic mass is 16.5. The van der Waals surface area contributed by atoms with Crippen LogP contribution in [-0.4, -0.2) is 26.4 Å². The van der Waals surface area contributed by atoms with Crippen molar-refractivity contribution in [2.45, 2.75) is 52.7 Å². The number of methoxy groups -OCH3 is 1. The Morgan fingerprint density at radius 3 is 2.71 bits per heavy atom. The fraction of sp³-hybridized carbons (Fsp3) is 0.667. The SMILES string of the molecule is CCCNC(c1c(C)cc(C)cc1OC)C1CCOC1C. The first-order valence-electron chi connectivity index (χ1n) is 8.08. The molecule has 0 aliphatic carbocycles. The van der Waals surface area contributed by atoms with Crippen molar-refractivity contribution in [3.8, 4) is 5.75 Å². The van der Waals surface area contributed by atoms with E-state index in [2.05, 4.69) is 45.1 Å². The van der Waals surface area contributed by atoms with Crippen molar-refractivity contribution in [1.82, 2.24) is 5.32 Å². The Kier molecular flexibility index (Phi) is 5.65. The predicted octanol–water partition coefficient (Wildman–Crippen LogP) is 3.78. The van der Waals surface area contributed by atoms with E-state index in [1.807, 2.05) is 0 Å². The van der Waals surface area contributed by atoms with Crippen molar-refractivity contribution in [3.63, 3.8) is 0 Å². The number of benzene rings is 1. The first-order chi connectivity index (χ1) is 10.1. The van der Waals surface area contributed by atoms with Crippen molar-refractivity contribution in [1.29, 1.82) is 0 Å². The van der Waals surface area contributed by atoms with Gasteiger partial charge in [0.1, 0.15) is 5.75 Å².